The lowest BCUT2D eigenvalue weighted by molar-refractivity contribution is -0.152. The molecule has 1 aromatic heterocycles. The van der Waals surface area contributed by atoms with Gasteiger partial charge in [0.05, 0.1) is 75.6 Å². The Morgan fingerprint density at radius 3 is 1.74 bits per heavy atom. The number of hydrogen-bond acceptors (Lipinski definition) is 15. The molecule has 0 aliphatic carbocycles. The van der Waals surface area contributed by atoms with Crippen LogP contribution in [0.25, 0.3) is 0 Å². The summed E-state index contributed by atoms with van der Waals surface area (Å²) in [6.45, 7) is 9.36. The molecular weight excluding hydrogens is 759 g/mol. The lowest BCUT2D eigenvalue weighted by Crippen LogP contribution is -2.31. The van der Waals surface area contributed by atoms with E-state index in [1.807, 2.05) is 24.0 Å². The van der Waals surface area contributed by atoms with Crippen molar-refractivity contribution in [2.75, 3.05) is 70.8 Å². The summed E-state index contributed by atoms with van der Waals surface area (Å²) < 4.78 is 27.3. The fourth-order valence-electron chi connectivity index (χ4n) is 5.09. The van der Waals surface area contributed by atoms with Crippen LogP contribution in [0.4, 0.5) is 16.4 Å². The molecule has 0 radical (unpaired) electrons. The molecule has 2 atom stereocenters. The Labute approximate surface area is 336 Å². The van der Waals surface area contributed by atoms with Gasteiger partial charge in [-0.3, -0.25) is 19.2 Å². The van der Waals surface area contributed by atoms with Crippen LogP contribution in [0.15, 0.2) is 52.7 Å². The standard InChI is InChI=1S/C40H51N5O11S/c1-5-7-9-30(39(48)49)24-36(46)55-21-19-53-16-14-45(13-15-52-17-18-54-20-22-56-37(47)25-31(40(50)51)10-8-6-2)32-11-12-34(28(3)23-32)43-44-38-33(26-41)29(4)35(27-42)57-38/h5-8,11-12,23,30-31H,9-10,13-22,24-25H2,1-4H3,(H,48,49)(H,50,51)/b7-5+,8-6+,44-43?. The van der Waals surface area contributed by atoms with E-state index in [0.717, 1.165) is 22.6 Å². The van der Waals surface area contributed by atoms with Crippen LogP contribution in [0.5, 0.6) is 0 Å². The van der Waals surface area contributed by atoms with Gasteiger partial charge in [-0.15, -0.1) is 21.6 Å². The third-order valence-electron chi connectivity index (χ3n) is 8.34. The van der Waals surface area contributed by atoms with Crippen molar-refractivity contribution in [3.63, 3.8) is 0 Å². The van der Waals surface area contributed by atoms with Gasteiger partial charge in [0.2, 0.25) is 0 Å². The lowest BCUT2D eigenvalue weighted by atomic mass is 10.0. The van der Waals surface area contributed by atoms with Crippen LogP contribution in [0.1, 0.15) is 61.1 Å². The number of allylic oxidation sites excluding steroid dienone is 4. The number of nitriles is 2. The van der Waals surface area contributed by atoms with Crippen LogP contribution >= 0.6 is 11.3 Å². The number of carboxylic acids is 2. The predicted molar refractivity (Wildman–Crippen MR) is 211 cm³/mol. The monoisotopic (exact) mass is 809 g/mol. The largest absolute Gasteiger partial charge is 0.481 e. The molecule has 2 N–H and O–H groups in total. The average molecular weight is 810 g/mol. The number of carbonyl (C=O) groups is 4. The second-order valence-electron chi connectivity index (χ2n) is 12.5. The summed E-state index contributed by atoms with van der Waals surface area (Å²) in [7, 11) is 0. The molecule has 17 heteroatoms. The minimum absolute atomic E-state index is 0.0105. The molecule has 0 fully saturated rings. The summed E-state index contributed by atoms with van der Waals surface area (Å²) in [6, 6.07) is 9.76. The summed E-state index contributed by atoms with van der Waals surface area (Å²) in [4.78, 5) is 49.4. The molecule has 0 spiro atoms. The Bertz CT molecular complexity index is 1790. The second-order valence-corrected chi connectivity index (χ2v) is 13.5. The first-order valence-electron chi connectivity index (χ1n) is 18.4. The first-order chi connectivity index (χ1) is 27.4. The topological polar surface area (TPSA) is 230 Å². The molecule has 16 nitrogen and oxygen atoms in total. The van der Waals surface area contributed by atoms with Gasteiger partial charge >= 0.3 is 23.9 Å². The number of aliphatic carboxylic acids is 2. The van der Waals surface area contributed by atoms with Gasteiger partial charge < -0.3 is 38.8 Å². The highest BCUT2D eigenvalue weighted by atomic mass is 32.1. The van der Waals surface area contributed by atoms with Gasteiger partial charge in [0.25, 0.3) is 0 Å². The maximum absolute atomic E-state index is 12.2. The van der Waals surface area contributed by atoms with Crippen molar-refractivity contribution in [3.05, 3.63) is 64.1 Å². The SMILES string of the molecule is C/C=C/CC(CC(=O)OCCOCCOCCN(CCOCCOC(=O)CC(C/C=C/C)C(=O)O)c1ccc(N=Nc2sc(C#N)c(C)c2C#N)c(C)c1)C(=O)O. The molecule has 2 unspecified atom stereocenters. The van der Waals surface area contributed by atoms with E-state index < -0.39 is 35.7 Å². The predicted octanol–water partition coefficient (Wildman–Crippen LogP) is 6.58. The number of carbonyl (C=O) groups excluding carboxylic acids is 2. The number of ether oxygens (including phenoxy) is 5. The van der Waals surface area contributed by atoms with Gasteiger partial charge in [-0.05, 0) is 69.9 Å². The van der Waals surface area contributed by atoms with Crippen molar-refractivity contribution < 1.29 is 53.1 Å². The summed E-state index contributed by atoms with van der Waals surface area (Å²) in [5.41, 5.74) is 3.13. The van der Waals surface area contributed by atoms with Crippen molar-refractivity contribution in [1.82, 2.24) is 0 Å². The van der Waals surface area contributed by atoms with E-state index in [9.17, 15) is 39.9 Å². The summed E-state index contributed by atoms with van der Waals surface area (Å²) in [6.07, 6.45) is 6.87. The smallest absolute Gasteiger partial charge is 0.307 e. The highest BCUT2D eigenvalue weighted by Gasteiger charge is 2.22. The Hall–Kier alpha value is -5.46. The van der Waals surface area contributed by atoms with Crippen LogP contribution in [-0.2, 0) is 42.9 Å². The number of azo groups is 1. The van der Waals surface area contributed by atoms with E-state index in [4.69, 9.17) is 23.7 Å². The molecule has 308 valence electrons. The number of rotatable bonds is 28. The third kappa shape index (κ3) is 17.9. The first kappa shape index (κ1) is 47.7. The number of esters is 2. The van der Waals surface area contributed by atoms with Crippen molar-refractivity contribution in [2.24, 2.45) is 22.1 Å². The van der Waals surface area contributed by atoms with E-state index in [0.29, 0.717) is 46.4 Å². The fourth-order valence-corrected chi connectivity index (χ4v) is 5.97. The number of thiophene rings is 1. The van der Waals surface area contributed by atoms with Gasteiger partial charge in [0, 0.05) is 18.8 Å². The van der Waals surface area contributed by atoms with Gasteiger partial charge in [0.1, 0.15) is 30.2 Å². The van der Waals surface area contributed by atoms with Crippen LogP contribution in [0.2, 0.25) is 0 Å². The zero-order chi connectivity index (χ0) is 42.0. The maximum Gasteiger partial charge on any atom is 0.307 e. The zero-order valence-electron chi connectivity index (χ0n) is 32.8. The molecule has 57 heavy (non-hydrogen) atoms. The van der Waals surface area contributed by atoms with Crippen LogP contribution in [0, 0.1) is 48.3 Å². The zero-order valence-corrected chi connectivity index (χ0v) is 33.6. The number of benzene rings is 1. The fraction of sp³-hybridized carbons (Fsp3) is 0.500. The number of hydrogen-bond donors (Lipinski definition) is 2. The Kier molecular flexibility index (Phi) is 22.8. The van der Waals surface area contributed by atoms with E-state index in [-0.39, 0.29) is 71.9 Å². The Morgan fingerprint density at radius 1 is 0.772 bits per heavy atom. The van der Waals surface area contributed by atoms with Gasteiger partial charge in [0.15, 0.2) is 5.00 Å². The Balaban J connectivity index is 1.93. The van der Waals surface area contributed by atoms with Crippen molar-refractivity contribution in [3.8, 4) is 12.1 Å². The maximum atomic E-state index is 12.2. The normalized spacial score (nSPS) is 12.4. The molecule has 0 saturated carbocycles. The highest BCUT2D eigenvalue weighted by molar-refractivity contribution is 7.16. The molecule has 0 saturated heterocycles. The number of carboxylic acid groups (broad SMARTS) is 2. The van der Waals surface area contributed by atoms with Crippen LogP contribution < -0.4 is 4.90 Å². The number of aryl methyl sites for hydroxylation is 1. The molecule has 0 aliphatic heterocycles. The van der Waals surface area contributed by atoms with Crippen LogP contribution in [-0.4, -0.2) is 100 Å². The van der Waals surface area contributed by atoms with E-state index >= 15 is 0 Å². The second kappa shape index (κ2) is 27.2. The van der Waals surface area contributed by atoms with E-state index in [1.54, 1.807) is 51.1 Å². The van der Waals surface area contributed by atoms with Crippen LogP contribution in [0.3, 0.4) is 0 Å². The molecule has 0 aliphatic rings. The number of nitrogens with zero attached hydrogens (tertiary/aromatic N) is 5. The van der Waals surface area contributed by atoms with Gasteiger partial charge in [-0.2, -0.15) is 10.5 Å². The third-order valence-corrected chi connectivity index (χ3v) is 9.42. The quantitative estimate of drug-likeness (QED) is 0.0400. The van der Waals surface area contributed by atoms with Crippen molar-refractivity contribution in [1.29, 1.82) is 10.5 Å². The molecule has 2 rings (SSSR count). The van der Waals surface area contributed by atoms with Crippen molar-refractivity contribution in [2.45, 2.75) is 53.4 Å². The Morgan fingerprint density at radius 2 is 1.28 bits per heavy atom. The summed E-state index contributed by atoms with van der Waals surface area (Å²) >= 11 is 1.11. The van der Waals surface area contributed by atoms with Gasteiger partial charge in [-0.1, -0.05) is 24.3 Å². The molecule has 0 bridgehead atoms. The summed E-state index contributed by atoms with van der Waals surface area (Å²) in [5.74, 6) is -5.04. The first-order valence-corrected chi connectivity index (χ1v) is 19.2. The van der Waals surface area contributed by atoms with Gasteiger partial charge in [-0.25, -0.2) is 0 Å². The molecule has 1 aromatic carbocycles. The average Bonchev–Trinajstić information content (AvgIpc) is 3.50. The molecule has 2 aromatic rings. The molecular formula is C40H51N5O11S. The molecule has 1 heterocycles. The van der Waals surface area contributed by atoms with Crippen molar-refractivity contribution >= 4 is 51.6 Å². The number of anilines is 1. The summed E-state index contributed by atoms with van der Waals surface area (Å²) in [5, 5.41) is 46.5. The highest BCUT2D eigenvalue weighted by Crippen LogP contribution is 2.36. The lowest BCUT2D eigenvalue weighted by Gasteiger charge is -2.25. The molecule has 0 amide bonds. The van der Waals surface area contributed by atoms with E-state index in [1.165, 1.54) is 0 Å². The minimum Gasteiger partial charge on any atom is -0.481 e. The minimum atomic E-state index is -1.06. The van der Waals surface area contributed by atoms with E-state index in [2.05, 4.69) is 22.4 Å².